The van der Waals surface area contributed by atoms with E-state index in [-0.39, 0.29) is 18.7 Å². The fourth-order valence-electron chi connectivity index (χ4n) is 1.20. The van der Waals surface area contributed by atoms with Crippen LogP contribution in [0.2, 0.25) is 0 Å². The number of hydrogen-bond donors (Lipinski definition) is 0. The van der Waals surface area contributed by atoms with Crippen LogP contribution in [0.15, 0.2) is 0 Å². The Hall–Kier alpha value is -1.06. The lowest BCUT2D eigenvalue weighted by atomic mass is 10.1. The number of cyclic esters (lactones) is 2. The van der Waals surface area contributed by atoms with E-state index in [1.165, 1.54) is 0 Å². The van der Waals surface area contributed by atoms with Crippen molar-refractivity contribution in [2.45, 2.75) is 38.5 Å². The zero-order valence-corrected chi connectivity index (χ0v) is 7.58. The highest BCUT2D eigenvalue weighted by atomic mass is 16.7. The minimum atomic E-state index is -0.283. The minimum absolute atomic E-state index is 0.225. The zero-order chi connectivity index (χ0) is 9.52. The van der Waals surface area contributed by atoms with Gasteiger partial charge < -0.3 is 9.47 Å². The molecule has 1 fully saturated rings. The van der Waals surface area contributed by atoms with Gasteiger partial charge in [-0.2, -0.15) is 0 Å². The highest BCUT2D eigenvalue weighted by Gasteiger charge is 2.08. The Balaban J connectivity index is 2.31. The average molecular weight is 186 g/mol. The molecule has 0 aromatic rings. The molecular formula is C9H14O4. The molecule has 0 saturated carbocycles. The van der Waals surface area contributed by atoms with E-state index >= 15 is 0 Å². The lowest BCUT2D eigenvalue weighted by Crippen LogP contribution is -2.11. The van der Waals surface area contributed by atoms with Crippen molar-refractivity contribution in [2.24, 2.45) is 0 Å². The van der Waals surface area contributed by atoms with Gasteiger partial charge in [0.25, 0.3) is 0 Å². The summed E-state index contributed by atoms with van der Waals surface area (Å²) in [5.41, 5.74) is 0. The van der Waals surface area contributed by atoms with Crippen LogP contribution < -0.4 is 0 Å². The monoisotopic (exact) mass is 186 g/mol. The summed E-state index contributed by atoms with van der Waals surface area (Å²) in [5.74, 6) is -0.565. The molecular weight excluding hydrogens is 172 g/mol. The van der Waals surface area contributed by atoms with Crippen molar-refractivity contribution >= 4 is 11.9 Å². The number of rotatable bonds is 0. The lowest BCUT2D eigenvalue weighted by molar-refractivity contribution is -0.167. The molecule has 0 radical (unpaired) electrons. The second kappa shape index (κ2) is 5.56. The van der Waals surface area contributed by atoms with Crippen LogP contribution in [0.4, 0.5) is 0 Å². The van der Waals surface area contributed by atoms with Crippen LogP contribution in [-0.4, -0.2) is 18.7 Å². The second-order valence-electron chi connectivity index (χ2n) is 3.06. The summed E-state index contributed by atoms with van der Waals surface area (Å²) >= 11 is 0. The molecule has 1 rings (SSSR count). The average Bonchev–Trinajstić information content (AvgIpc) is 2.13. The molecule has 0 aromatic carbocycles. The summed E-state index contributed by atoms with van der Waals surface area (Å²) in [5, 5.41) is 0. The lowest BCUT2D eigenvalue weighted by Gasteiger charge is -2.03. The van der Waals surface area contributed by atoms with Crippen LogP contribution in [-0.2, 0) is 19.1 Å². The highest BCUT2D eigenvalue weighted by Crippen LogP contribution is 2.08. The van der Waals surface area contributed by atoms with Gasteiger partial charge in [-0.1, -0.05) is 12.8 Å². The Bertz CT molecular complexity index is 168. The Kier molecular flexibility index (Phi) is 4.29. The van der Waals surface area contributed by atoms with Gasteiger partial charge in [0.05, 0.1) is 0 Å². The molecule has 0 spiro atoms. The summed E-state index contributed by atoms with van der Waals surface area (Å²) in [7, 11) is 0. The van der Waals surface area contributed by atoms with Crippen molar-refractivity contribution in [1.29, 1.82) is 0 Å². The first kappa shape index (κ1) is 10.0. The van der Waals surface area contributed by atoms with Crippen LogP contribution in [0, 0.1) is 0 Å². The molecule has 0 unspecified atom stereocenters. The van der Waals surface area contributed by atoms with Crippen molar-refractivity contribution in [2.75, 3.05) is 6.79 Å². The SMILES string of the molecule is O=C1CCCCCCC(=O)OCO1. The Morgan fingerprint density at radius 2 is 1.23 bits per heavy atom. The molecule has 1 saturated heterocycles. The number of hydrogen-bond acceptors (Lipinski definition) is 4. The molecule has 0 atom stereocenters. The van der Waals surface area contributed by atoms with Gasteiger partial charge >= 0.3 is 11.9 Å². The van der Waals surface area contributed by atoms with E-state index in [0.717, 1.165) is 25.7 Å². The van der Waals surface area contributed by atoms with E-state index in [1.54, 1.807) is 0 Å². The summed E-state index contributed by atoms with van der Waals surface area (Å²) in [4.78, 5) is 21.8. The maximum atomic E-state index is 10.9. The molecule has 0 bridgehead atoms. The van der Waals surface area contributed by atoms with Crippen molar-refractivity contribution in [3.8, 4) is 0 Å². The summed E-state index contributed by atoms with van der Waals surface area (Å²) in [6.45, 7) is -0.225. The van der Waals surface area contributed by atoms with Crippen LogP contribution >= 0.6 is 0 Å². The Labute approximate surface area is 77.2 Å². The molecule has 0 N–H and O–H groups in total. The summed E-state index contributed by atoms with van der Waals surface area (Å²) in [6, 6.07) is 0. The maximum absolute atomic E-state index is 10.9. The van der Waals surface area contributed by atoms with Crippen LogP contribution in [0.1, 0.15) is 38.5 Å². The normalized spacial score (nSPS) is 21.2. The topological polar surface area (TPSA) is 52.6 Å². The molecule has 1 heterocycles. The molecule has 0 aromatic heterocycles. The zero-order valence-electron chi connectivity index (χ0n) is 7.58. The fourth-order valence-corrected chi connectivity index (χ4v) is 1.20. The Morgan fingerprint density at radius 3 is 1.69 bits per heavy atom. The third-order valence-electron chi connectivity index (χ3n) is 1.95. The predicted octanol–water partition coefficient (Wildman–Crippen LogP) is 1.38. The summed E-state index contributed by atoms with van der Waals surface area (Å²) in [6.07, 6.45) is 4.49. The van der Waals surface area contributed by atoms with Crippen LogP contribution in [0.5, 0.6) is 0 Å². The van der Waals surface area contributed by atoms with E-state index in [1.807, 2.05) is 0 Å². The molecule has 1 aliphatic rings. The Morgan fingerprint density at radius 1 is 0.769 bits per heavy atom. The van der Waals surface area contributed by atoms with Gasteiger partial charge in [-0.05, 0) is 12.8 Å². The van der Waals surface area contributed by atoms with Crippen molar-refractivity contribution in [3.63, 3.8) is 0 Å². The molecule has 4 nitrogen and oxygen atoms in total. The number of carbonyl (C=O) groups excluding carboxylic acids is 2. The predicted molar refractivity (Wildman–Crippen MR) is 44.8 cm³/mol. The maximum Gasteiger partial charge on any atom is 0.308 e. The molecule has 1 aliphatic heterocycles. The smallest absolute Gasteiger partial charge is 0.308 e. The van der Waals surface area contributed by atoms with Crippen LogP contribution in [0.25, 0.3) is 0 Å². The number of esters is 2. The van der Waals surface area contributed by atoms with Crippen molar-refractivity contribution < 1.29 is 19.1 Å². The molecule has 13 heavy (non-hydrogen) atoms. The highest BCUT2D eigenvalue weighted by molar-refractivity contribution is 5.71. The third kappa shape index (κ3) is 4.50. The van der Waals surface area contributed by atoms with Gasteiger partial charge in [0.15, 0.2) is 0 Å². The van der Waals surface area contributed by atoms with Gasteiger partial charge in [-0.3, -0.25) is 9.59 Å². The van der Waals surface area contributed by atoms with E-state index in [2.05, 4.69) is 9.47 Å². The van der Waals surface area contributed by atoms with Gasteiger partial charge in [0, 0.05) is 12.8 Å². The van der Waals surface area contributed by atoms with E-state index < -0.39 is 0 Å². The first-order chi connectivity index (χ1) is 6.29. The first-order valence-corrected chi connectivity index (χ1v) is 4.60. The quantitative estimate of drug-likeness (QED) is 0.536. The third-order valence-corrected chi connectivity index (χ3v) is 1.95. The van der Waals surface area contributed by atoms with Gasteiger partial charge in [0.2, 0.25) is 6.79 Å². The van der Waals surface area contributed by atoms with Crippen LogP contribution in [0.3, 0.4) is 0 Å². The number of ether oxygens (including phenoxy) is 2. The van der Waals surface area contributed by atoms with Crippen molar-refractivity contribution in [3.05, 3.63) is 0 Å². The molecule has 0 amide bonds. The van der Waals surface area contributed by atoms with Gasteiger partial charge in [0.1, 0.15) is 0 Å². The molecule has 4 heteroatoms. The van der Waals surface area contributed by atoms with E-state index in [0.29, 0.717) is 12.8 Å². The van der Waals surface area contributed by atoms with Gasteiger partial charge in [-0.15, -0.1) is 0 Å². The van der Waals surface area contributed by atoms with Crippen molar-refractivity contribution in [1.82, 2.24) is 0 Å². The second-order valence-corrected chi connectivity index (χ2v) is 3.06. The number of carbonyl (C=O) groups is 2. The van der Waals surface area contributed by atoms with E-state index in [9.17, 15) is 9.59 Å². The fraction of sp³-hybridized carbons (Fsp3) is 0.778. The minimum Gasteiger partial charge on any atom is -0.428 e. The van der Waals surface area contributed by atoms with Gasteiger partial charge in [-0.25, -0.2) is 0 Å². The standard InChI is InChI=1S/C9H14O4/c10-8-5-3-1-2-4-6-9(11)13-7-12-8/h1-7H2. The molecule has 74 valence electrons. The van der Waals surface area contributed by atoms with E-state index in [4.69, 9.17) is 0 Å². The largest absolute Gasteiger partial charge is 0.428 e. The first-order valence-electron chi connectivity index (χ1n) is 4.60. The molecule has 0 aliphatic carbocycles. The summed E-state index contributed by atoms with van der Waals surface area (Å²) < 4.78 is 9.32.